The summed E-state index contributed by atoms with van der Waals surface area (Å²) in [6, 6.07) is 12.7. The molecule has 10 heteroatoms. The highest BCUT2D eigenvalue weighted by Crippen LogP contribution is 2.32. The molecule has 0 atom stereocenters. The summed E-state index contributed by atoms with van der Waals surface area (Å²) in [4.78, 5) is 37.5. The summed E-state index contributed by atoms with van der Waals surface area (Å²) in [5, 5.41) is 0. The average molecular weight is 497 g/mol. The van der Waals surface area contributed by atoms with Gasteiger partial charge in [-0.05, 0) is 54.1 Å². The van der Waals surface area contributed by atoms with Crippen molar-refractivity contribution < 1.29 is 18.3 Å². The van der Waals surface area contributed by atoms with Crippen LogP contribution >= 0.6 is 11.3 Å². The van der Waals surface area contributed by atoms with Crippen LogP contribution in [0.3, 0.4) is 0 Å². The van der Waals surface area contributed by atoms with E-state index in [1.807, 2.05) is 30.3 Å². The van der Waals surface area contributed by atoms with Crippen LogP contribution in [0, 0.1) is 11.6 Å². The fourth-order valence-electron chi connectivity index (χ4n) is 4.09. The molecule has 180 valence electrons. The zero-order valence-corrected chi connectivity index (χ0v) is 19.7. The van der Waals surface area contributed by atoms with E-state index < -0.39 is 11.6 Å². The van der Waals surface area contributed by atoms with Gasteiger partial charge in [0.2, 0.25) is 0 Å². The van der Waals surface area contributed by atoms with E-state index in [9.17, 15) is 18.4 Å². The van der Waals surface area contributed by atoms with Gasteiger partial charge in [-0.1, -0.05) is 0 Å². The Morgan fingerprint density at radius 1 is 1.06 bits per heavy atom. The monoisotopic (exact) mass is 496 g/mol. The lowest BCUT2D eigenvalue weighted by molar-refractivity contribution is 0.0625. The number of piperazine rings is 1. The minimum atomic E-state index is -1.04. The number of nitrogens with one attached hydrogen (secondary N) is 1. The van der Waals surface area contributed by atoms with Crippen LogP contribution in [0.4, 0.5) is 8.78 Å². The molecule has 7 nitrogen and oxygen atoms in total. The first-order valence-corrected chi connectivity index (χ1v) is 11.9. The van der Waals surface area contributed by atoms with E-state index in [1.54, 1.807) is 12.0 Å². The second-order valence-electron chi connectivity index (χ2n) is 8.26. The lowest BCUT2D eigenvalue weighted by Crippen LogP contribution is -2.48. The van der Waals surface area contributed by atoms with Gasteiger partial charge in [0.15, 0.2) is 11.6 Å². The first-order valence-electron chi connectivity index (χ1n) is 11.0. The molecular weight excluding hydrogens is 474 g/mol. The van der Waals surface area contributed by atoms with Gasteiger partial charge in [0.1, 0.15) is 16.3 Å². The third-order valence-corrected chi connectivity index (χ3v) is 7.18. The molecule has 0 bridgehead atoms. The second kappa shape index (κ2) is 9.55. The van der Waals surface area contributed by atoms with E-state index in [-0.39, 0.29) is 17.0 Å². The van der Waals surface area contributed by atoms with Crippen molar-refractivity contribution in [3.05, 3.63) is 81.9 Å². The van der Waals surface area contributed by atoms with E-state index in [2.05, 4.69) is 14.9 Å². The molecule has 0 aliphatic carbocycles. The lowest BCUT2D eigenvalue weighted by atomic mass is 10.1. The number of rotatable bonds is 5. The average Bonchev–Trinajstić information content (AvgIpc) is 3.31. The van der Waals surface area contributed by atoms with E-state index in [0.29, 0.717) is 48.8 Å². The Hall–Kier alpha value is -3.63. The standard InChI is InChI=1S/C25H22F2N4O3S/c1-34-17-5-2-15(3-6-17)21-13-20-23(35-21)24(32)29-22(28-20)14-30-8-10-31(11-9-30)25(33)16-4-7-18(26)19(27)12-16/h2-7,12-13H,8-11,14H2,1H3,(H,28,29,32). The predicted octanol–water partition coefficient (Wildman–Crippen LogP) is 3.90. The van der Waals surface area contributed by atoms with Crippen molar-refractivity contribution in [2.75, 3.05) is 33.3 Å². The summed E-state index contributed by atoms with van der Waals surface area (Å²) in [6.45, 7) is 2.44. The fourth-order valence-corrected chi connectivity index (χ4v) is 5.09. The van der Waals surface area contributed by atoms with Gasteiger partial charge in [0.25, 0.3) is 11.5 Å². The number of thiophene rings is 1. The van der Waals surface area contributed by atoms with Crippen LogP contribution in [-0.4, -0.2) is 59.0 Å². The summed E-state index contributed by atoms with van der Waals surface area (Å²) >= 11 is 1.39. The SMILES string of the molecule is COc1ccc(-c2cc3nc(CN4CCN(C(=O)c5ccc(F)c(F)c5)CC4)[nH]c(=O)c3s2)cc1. The molecule has 5 rings (SSSR count). The fraction of sp³-hybridized carbons (Fsp3) is 0.240. The van der Waals surface area contributed by atoms with Crippen molar-refractivity contribution >= 4 is 27.5 Å². The van der Waals surface area contributed by atoms with E-state index in [4.69, 9.17) is 4.74 Å². The highest BCUT2D eigenvalue weighted by molar-refractivity contribution is 7.22. The van der Waals surface area contributed by atoms with Gasteiger partial charge in [-0.2, -0.15) is 0 Å². The molecule has 0 saturated carbocycles. The maximum atomic E-state index is 13.5. The van der Waals surface area contributed by atoms with Crippen LogP contribution in [0.15, 0.2) is 53.3 Å². The number of H-pyrrole nitrogens is 1. The van der Waals surface area contributed by atoms with Gasteiger partial charge in [-0.25, -0.2) is 13.8 Å². The maximum absolute atomic E-state index is 13.5. The van der Waals surface area contributed by atoms with Crippen LogP contribution in [0.2, 0.25) is 0 Å². The Morgan fingerprint density at radius 2 is 1.80 bits per heavy atom. The Kier molecular flexibility index (Phi) is 6.31. The first-order chi connectivity index (χ1) is 16.9. The second-order valence-corrected chi connectivity index (χ2v) is 9.32. The number of carbonyl (C=O) groups is 1. The Balaban J connectivity index is 1.26. The zero-order valence-electron chi connectivity index (χ0n) is 18.9. The molecule has 0 spiro atoms. The smallest absolute Gasteiger partial charge is 0.268 e. The van der Waals surface area contributed by atoms with Crippen molar-refractivity contribution in [1.29, 1.82) is 0 Å². The number of aromatic amines is 1. The van der Waals surface area contributed by atoms with Crippen molar-refractivity contribution in [3.63, 3.8) is 0 Å². The van der Waals surface area contributed by atoms with Gasteiger partial charge in [0, 0.05) is 36.6 Å². The van der Waals surface area contributed by atoms with Gasteiger partial charge in [-0.3, -0.25) is 14.5 Å². The summed E-state index contributed by atoms with van der Waals surface area (Å²) in [5.74, 6) is -1.03. The summed E-state index contributed by atoms with van der Waals surface area (Å²) in [6.07, 6.45) is 0. The summed E-state index contributed by atoms with van der Waals surface area (Å²) in [5.41, 5.74) is 1.57. The van der Waals surface area contributed by atoms with Crippen LogP contribution in [-0.2, 0) is 6.54 Å². The molecule has 1 fully saturated rings. The zero-order chi connectivity index (χ0) is 24.5. The van der Waals surface area contributed by atoms with Gasteiger partial charge >= 0.3 is 0 Å². The Bertz CT molecular complexity index is 1440. The number of hydrogen-bond acceptors (Lipinski definition) is 6. The van der Waals surface area contributed by atoms with Crippen molar-refractivity contribution in [3.8, 4) is 16.2 Å². The van der Waals surface area contributed by atoms with Crippen molar-refractivity contribution in [2.24, 2.45) is 0 Å². The molecule has 3 heterocycles. The van der Waals surface area contributed by atoms with Gasteiger partial charge < -0.3 is 14.6 Å². The molecule has 4 aromatic rings. The molecule has 1 aliphatic heterocycles. The minimum absolute atomic E-state index is 0.124. The molecule has 0 radical (unpaired) electrons. The van der Waals surface area contributed by atoms with Gasteiger partial charge in [-0.15, -0.1) is 11.3 Å². The molecule has 2 aromatic heterocycles. The van der Waals surface area contributed by atoms with Crippen molar-refractivity contribution in [2.45, 2.75) is 6.54 Å². The maximum Gasteiger partial charge on any atom is 0.268 e. The normalized spacial score (nSPS) is 14.4. The van der Waals surface area contributed by atoms with E-state index in [0.717, 1.165) is 28.3 Å². The summed E-state index contributed by atoms with van der Waals surface area (Å²) in [7, 11) is 1.61. The number of halogens is 2. The highest BCUT2D eigenvalue weighted by atomic mass is 32.1. The van der Waals surface area contributed by atoms with Crippen LogP contribution < -0.4 is 10.3 Å². The molecule has 1 N–H and O–H groups in total. The number of amides is 1. The molecule has 0 unspecified atom stereocenters. The third-order valence-electron chi connectivity index (χ3n) is 6.01. The topological polar surface area (TPSA) is 78.5 Å². The quantitative estimate of drug-likeness (QED) is 0.454. The number of aromatic nitrogens is 2. The molecule has 2 aromatic carbocycles. The number of carbonyl (C=O) groups excluding carboxylic acids is 1. The number of ether oxygens (including phenoxy) is 1. The molecule has 1 aliphatic rings. The largest absolute Gasteiger partial charge is 0.497 e. The number of nitrogens with zero attached hydrogens (tertiary/aromatic N) is 3. The highest BCUT2D eigenvalue weighted by Gasteiger charge is 2.23. The summed E-state index contributed by atoms with van der Waals surface area (Å²) < 4.78 is 32.4. The number of fused-ring (bicyclic) bond motifs is 1. The molecule has 1 saturated heterocycles. The molecule has 35 heavy (non-hydrogen) atoms. The molecule has 1 amide bonds. The Morgan fingerprint density at radius 3 is 2.49 bits per heavy atom. The van der Waals surface area contributed by atoms with Crippen LogP contribution in [0.5, 0.6) is 5.75 Å². The van der Waals surface area contributed by atoms with Crippen LogP contribution in [0.1, 0.15) is 16.2 Å². The minimum Gasteiger partial charge on any atom is -0.497 e. The predicted molar refractivity (Wildman–Crippen MR) is 130 cm³/mol. The first kappa shape index (κ1) is 23.1. The Labute approximate surface area is 203 Å². The number of methoxy groups -OCH3 is 1. The molecular formula is C25H22F2N4O3S. The van der Waals surface area contributed by atoms with Gasteiger partial charge in [0.05, 0.1) is 19.2 Å². The number of benzene rings is 2. The van der Waals surface area contributed by atoms with E-state index >= 15 is 0 Å². The number of hydrogen-bond donors (Lipinski definition) is 1. The van der Waals surface area contributed by atoms with Crippen LogP contribution in [0.25, 0.3) is 20.7 Å². The van der Waals surface area contributed by atoms with E-state index in [1.165, 1.54) is 17.4 Å². The van der Waals surface area contributed by atoms with Crippen molar-refractivity contribution in [1.82, 2.24) is 19.8 Å². The third kappa shape index (κ3) is 4.80. The lowest BCUT2D eigenvalue weighted by Gasteiger charge is -2.34.